The second-order valence-corrected chi connectivity index (χ2v) is 13.5. The predicted octanol–water partition coefficient (Wildman–Crippen LogP) is 1.57. The number of aliphatic hydroxyl groups is 4. The van der Waals surface area contributed by atoms with E-state index in [0.717, 1.165) is 0 Å². The number of ether oxygens (including phenoxy) is 3. The second kappa shape index (κ2) is 14.7. The summed E-state index contributed by atoms with van der Waals surface area (Å²) in [6.45, 7) is 16.6. The van der Waals surface area contributed by atoms with Crippen molar-refractivity contribution >= 4 is 11.8 Å². The van der Waals surface area contributed by atoms with Gasteiger partial charge in [0.1, 0.15) is 29.8 Å². The van der Waals surface area contributed by atoms with Crippen LogP contribution in [0.2, 0.25) is 0 Å². The third-order valence-electron chi connectivity index (χ3n) is 9.65. The molecule has 0 unspecified atom stereocenters. The van der Waals surface area contributed by atoms with Crippen molar-refractivity contribution in [2.75, 3.05) is 27.2 Å². The van der Waals surface area contributed by atoms with E-state index in [2.05, 4.69) is 0 Å². The molecule has 2 aliphatic heterocycles. The van der Waals surface area contributed by atoms with E-state index in [1.807, 2.05) is 44.7 Å². The van der Waals surface area contributed by atoms with Gasteiger partial charge < -0.3 is 44.4 Å². The quantitative estimate of drug-likeness (QED) is 0.268. The van der Waals surface area contributed by atoms with Crippen LogP contribution in [0.1, 0.15) is 81.6 Å². The molecular formula is C31H58N2O9. The number of rotatable bonds is 5. The Kier molecular flexibility index (Phi) is 13.0. The van der Waals surface area contributed by atoms with Gasteiger partial charge in [0.05, 0.1) is 17.8 Å². The number of aliphatic hydroxyl groups excluding tert-OH is 2. The molecule has 246 valence electrons. The molecule has 4 N–H and O–H groups in total. The molecule has 13 atom stereocenters. The van der Waals surface area contributed by atoms with E-state index >= 15 is 0 Å². The molecule has 0 aromatic heterocycles. The molecule has 0 amide bonds. The van der Waals surface area contributed by atoms with Crippen molar-refractivity contribution in [3.8, 4) is 0 Å². The van der Waals surface area contributed by atoms with Crippen molar-refractivity contribution in [2.24, 2.45) is 17.8 Å². The van der Waals surface area contributed by atoms with Crippen molar-refractivity contribution in [3.05, 3.63) is 0 Å². The first-order valence-electron chi connectivity index (χ1n) is 15.6. The summed E-state index contributed by atoms with van der Waals surface area (Å²) >= 11 is 0. The lowest BCUT2D eigenvalue weighted by atomic mass is 9.78. The number of carbonyl (C=O) groups is 2. The molecule has 42 heavy (non-hydrogen) atoms. The van der Waals surface area contributed by atoms with Gasteiger partial charge in [-0.2, -0.15) is 0 Å². The van der Waals surface area contributed by atoms with E-state index in [1.54, 1.807) is 27.7 Å². The highest BCUT2D eigenvalue weighted by Crippen LogP contribution is 2.35. The molecule has 0 bridgehead atoms. The summed E-state index contributed by atoms with van der Waals surface area (Å²) in [7, 11) is 3.74. The molecular weight excluding hydrogens is 544 g/mol. The summed E-state index contributed by atoms with van der Waals surface area (Å²) in [6.07, 6.45) is -4.77. The van der Waals surface area contributed by atoms with Crippen molar-refractivity contribution in [1.29, 1.82) is 0 Å². The fourth-order valence-electron chi connectivity index (χ4n) is 6.74. The van der Waals surface area contributed by atoms with Gasteiger partial charge in [0.25, 0.3) is 0 Å². The average molecular weight is 603 g/mol. The standard InChI is InChI=1S/C31H58N2O9/c1-12-23-31(9,39)26(36)21(7)33(11)16-17(3)15-30(8,38)27(19(5)24(34)20(6)28(37)41-23)42-29-25(35)22(32(10)13-2)14-18(4)40-29/h17-23,25-27,29,35-36,38-39H,12-16H2,1-11H3/t17-,18-,19+,20-,21-,22+,23-,25-,26-,27-,29+,30-,31-/m1/s1. The zero-order valence-corrected chi connectivity index (χ0v) is 27.6. The molecule has 2 heterocycles. The van der Waals surface area contributed by atoms with Gasteiger partial charge in [0.15, 0.2) is 12.1 Å². The van der Waals surface area contributed by atoms with Crippen molar-refractivity contribution in [2.45, 2.75) is 142 Å². The summed E-state index contributed by atoms with van der Waals surface area (Å²) < 4.78 is 18.1. The van der Waals surface area contributed by atoms with Crippen LogP contribution in [0.5, 0.6) is 0 Å². The highest BCUT2D eigenvalue weighted by atomic mass is 16.7. The van der Waals surface area contributed by atoms with Gasteiger partial charge in [-0.3, -0.25) is 9.59 Å². The van der Waals surface area contributed by atoms with Gasteiger partial charge in [0.2, 0.25) is 0 Å². The molecule has 0 radical (unpaired) electrons. The van der Waals surface area contributed by atoms with E-state index in [1.165, 1.54) is 13.8 Å². The Hall–Kier alpha value is -1.18. The molecule has 0 aliphatic carbocycles. The first-order valence-corrected chi connectivity index (χ1v) is 15.6. The number of hydrogen-bond acceptors (Lipinski definition) is 11. The molecule has 2 saturated heterocycles. The molecule has 0 aromatic carbocycles. The van der Waals surface area contributed by atoms with Gasteiger partial charge in [-0.1, -0.05) is 27.7 Å². The van der Waals surface area contributed by atoms with Crippen LogP contribution in [-0.4, -0.2) is 129 Å². The fourth-order valence-corrected chi connectivity index (χ4v) is 6.74. The van der Waals surface area contributed by atoms with Gasteiger partial charge >= 0.3 is 5.97 Å². The molecule has 2 aliphatic rings. The maximum atomic E-state index is 13.8. The summed E-state index contributed by atoms with van der Waals surface area (Å²) in [5.41, 5.74) is -3.34. The van der Waals surface area contributed by atoms with Crippen LogP contribution in [0.3, 0.4) is 0 Å². The fraction of sp³-hybridized carbons (Fsp3) is 0.935. The lowest BCUT2D eigenvalue weighted by molar-refractivity contribution is -0.293. The zero-order chi connectivity index (χ0) is 32.3. The van der Waals surface area contributed by atoms with Gasteiger partial charge in [-0.15, -0.1) is 0 Å². The molecule has 0 aromatic rings. The summed E-state index contributed by atoms with van der Waals surface area (Å²) in [5, 5.41) is 45.7. The van der Waals surface area contributed by atoms with Crippen molar-refractivity contribution in [1.82, 2.24) is 9.80 Å². The minimum atomic E-state index is -1.78. The van der Waals surface area contributed by atoms with Crippen LogP contribution in [0.15, 0.2) is 0 Å². The van der Waals surface area contributed by atoms with Gasteiger partial charge in [-0.25, -0.2) is 0 Å². The Morgan fingerprint density at radius 2 is 1.67 bits per heavy atom. The zero-order valence-electron chi connectivity index (χ0n) is 27.6. The van der Waals surface area contributed by atoms with E-state index < -0.39 is 71.5 Å². The Morgan fingerprint density at radius 1 is 1.07 bits per heavy atom. The molecule has 0 saturated carbocycles. The molecule has 2 fully saturated rings. The first kappa shape index (κ1) is 37.0. The minimum absolute atomic E-state index is 0.129. The van der Waals surface area contributed by atoms with Gasteiger partial charge in [-0.05, 0) is 80.4 Å². The monoisotopic (exact) mass is 602 g/mol. The Balaban J connectivity index is 2.53. The number of carbonyl (C=O) groups excluding carboxylic acids is 2. The van der Waals surface area contributed by atoms with Crippen LogP contribution in [0.4, 0.5) is 0 Å². The Morgan fingerprint density at radius 3 is 2.21 bits per heavy atom. The normalized spacial score (nSPS) is 45.8. The van der Waals surface area contributed by atoms with Crippen LogP contribution < -0.4 is 0 Å². The van der Waals surface area contributed by atoms with E-state index in [0.29, 0.717) is 19.5 Å². The molecule has 11 heteroatoms. The van der Waals surface area contributed by atoms with Crippen molar-refractivity contribution in [3.63, 3.8) is 0 Å². The Labute approximate surface area is 252 Å². The number of nitrogens with zero attached hydrogens (tertiary/aromatic N) is 2. The van der Waals surface area contributed by atoms with Crippen LogP contribution >= 0.6 is 0 Å². The SMILES string of the molecule is CC[C@H]1OC(=O)[C@H](C)C(=O)[C@H](C)[C@@H](O[C@@H]2O[C@H](C)C[C@H](N(C)CC)[C@H]2O)[C@](C)(O)C[C@@H](C)CN(C)[C@H](C)[C@@H](O)[C@]1(C)O. The maximum absolute atomic E-state index is 13.8. The highest BCUT2D eigenvalue weighted by molar-refractivity contribution is 6.00. The lowest BCUT2D eigenvalue weighted by Gasteiger charge is -2.46. The Bertz CT molecular complexity index is 900. The maximum Gasteiger partial charge on any atom is 0.316 e. The number of ketones is 1. The van der Waals surface area contributed by atoms with E-state index in [4.69, 9.17) is 14.2 Å². The molecule has 2 rings (SSSR count). The highest BCUT2D eigenvalue weighted by Gasteiger charge is 2.49. The number of cyclic esters (lactones) is 1. The third-order valence-corrected chi connectivity index (χ3v) is 9.65. The first-order chi connectivity index (χ1) is 19.3. The molecule has 0 spiro atoms. The topological polar surface area (TPSA) is 149 Å². The summed E-state index contributed by atoms with van der Waals surface area (Å²) in [4.78, 5) is 30.9. The van der Waals surface area contributed by atoms with Crippen molar-refractivity contribution < 1.29 is 44.2 Å². The number of Topliss-reactive ketones (excluding diaryl/α,β-unsaturated/α-hetero) is 1. The van der Waals surface area contributed by atoms with E-state index in [9.17, 15) is 30.0 Å². The van der Waals surface area contributed by atoms with Crippen LogP contribution in [0, 0.1) is 17.8 Å². The predicted molar refractivity (Wildman–Crippen MR) is 159 cm³/mol. The smallest absolute Gasteiger partial charge is 0.316 e. The number of hydrogen-bond donors (Lipinski definition) is 4. The summed E-state index contributed by atoms with van der Waals surface area (Å²) in [6, 6.07) is -0.759. The van der Waals surface area contributed by atoms with Crippen LogP contribution in [-0.2, 0) is 23.8 Å². The second-order valence-electron chi connectivity index (χ2n) is 13.5. The minimum Gasteiger partial charge on any atom is -0.459 e. The third kappa shape index (κ3) is 8.29. The number of likely N-dealkylation sites (N-methyl/N-ethyl adjacent to an activating group) is 2. The van der Waals surface area contributed by atoms with E-state index in [-0.39, 0.29) is 30.9 Å². The molecule has 11 nitrogen and oxygen atoms in total. The van der Waals surface area contributed by atoms with Gasteiger partial charge in [0, 0.05) is 24.5 Å². The average Bonchev–Trinajstić information content (AvgIpc) is 2.92. The van der Waals surface area contributed by atoms with Crippen LogP contribution in [0.25, 0.3) is 0 Å². The largest absolute Gasteiger partial charge is 0.459 e. The lowest BCUT2D eigenvalue weighted by Crippen LogP contribution is -2.59. The number of esters is 1. The summed E-state index contributed by atoms with van der Waals surface area (Å²) in [5.74, 6) is -3.68.